The standard InChI is InChI=1S/C28H34N2O2/c1-4-27(32-26-16-13-23-9-5-6-10-24(23)18-26)28(31)29-21(3)22-11-14-25(15-12-22)30-17-7-8-20(2)19-30/h5-6,9-16,18,20-21,27H,4,7-8,17,19H2,1-3H3,(H,29,31)/t20-,21+,27+/m1/s1. The summed E-state index contributed by atoms with van der Waals surface area (Å²) in [6.07, 6.45) is 2.66. The monoisotopic (exact) mass is 430 g/mol. The molecule has 3 aromatic rings. The molecule has 0 aliphatic carbocycles. The Labute approximate surface area is 191 Å². The smallest absolute Gasteiger partial charge is 0.261 e. The topological polar surface area (TPSA) is 41.6 Å². The van der Waals surface area contributed by atoms with Gasteiger partial charge in [0, 0.05) is 18.8 Å². The molecule has 4 rings (SSSR count). The number of carbonyl (C=O) groups excluding carboxylic acids is 1. The van der Waals surface area contributed by atoms with E-state index in [1.807, 2.05) is 44.2 Å². The van der Waals surface area contributed by atoms with E-state index in [0.29, 0.717) is 6.42 Å². The average molecular weight is 431 g/mol. The normalized spacial score (nSPS) is 18.2. The van der Waals surface area contributed by atoms with Crippen molar-refractivity contribution < 1.29 is 9.53 Å². The second-order valence-corrected chi connectivity index (χ2v) is 9.04. The number of benzene rings is 3. The van der Waals surface area contributed by atoms with Gasteiger partial charge in [-0.2, -0.15) is 0 Å². The van der Waals surface area contributed by atoms with Crippen molar-refractivity contribution in [1.82, 2.24) is 5.32 Å². The minimum atomic E-state index is -0.521. The van der Waals surface area contributed by atoms with Crippen molar-refractivity contribution in [3.8, 4) is 5.75 Å². The Morgan fingerprint density at radius 2 is 1.84 bits per heavy atom. The number of hydrogen-bond acceptors (Lipinski definition) is 3. The molecule has 32 heavy (non-hydrogen) atoms. The third-order valence-corrected chi connectivity index (χ3v) is 6.44. The fraction of sp³-hybridized carbons (Fsp3) is 0.393. The third-order valence-electron chi connectivity index (χ3n) is 6.44. The maximum atomic E-state index is 12.9. The SMILES string of the molecule is CC[C@H](Oc1ccc2ccccc2c1)C(=O)N[C@@H](C)c1ccc(N2CCC[C@@H](C)C2)cc1. The van der Waals surface area contributed by atoms with Crippen LogP contribution in [0, 0.1) is 5.92 Å². The molecular formula is C28H34N2O2. The highest BCUT2D eigenvalue weighted by molar-refractivity contribution is 5.84. The van der Waals surface area contributed by atoms with E-state index in [1.165, 1.54) is 18.5 Å². The molecule has 0 bridgehead atoms. The number of carbonyl (C=O) groups is 1. The first kappa shape index (κ1) is 22.2. The molecule has 1 fully saturated rings. The van der Waals surface area contributed by atoms with Crippen molar-refractivity contribution in [3.63, 3.8) is 0 Å². The lowest BCUT2D eigenvalue weighted by Crippen LogP contribution is -2.39. The largest absolute Gasteiger partial charge is 0.481 e. The van der Waals surface area contributed by atoms with Crippen molar-refractivity contribution >= 4 is 22.4 Å². The van der Waals surface area contributed by atoms with Gasteiger partial charge in [-0.15, -0.1) is 0 Å². The lowest BCUT2D eigenvalue weighted by Gasteiger charge is -2.33. The van der Waals surface area contributed by atoms with Crippen LogP contribution in [-0.2, 0) is 4.79 Å². The van der Waals surface area contributed by atoms with Gasteiger partial charge in [0.2, 0.25) is 0 Å². The van der Waals surface area contributed by atoms with E-state index >= 15 is 0 Å². The van der Waals surface area contributed by atoms with Gasteiger partial charge >= 0.3 is 0 Å². The van der Waals surface area contributed by atoms with E-state index in [2.05, 4.69) is 53.5 Å². The van der Waals surface area contributed by atoms with Crippen molar-refractivity contribution in [2.45, 2.75) is 52.2 Å². The number of amides is 1. The number of hydrogen-bond donors (Lipinski definition) is 1. The van der Waals surface area contributed by atoms with Crippen molar-refractivity contribution in [2.75, 3.05) is 18.0 Å². The summed E-state index contributed by atoms with van der Waals surface area (Å²) < 4.78 is 6.06. The summed E-state index contributed by atoms with van der Waals surface area (Å²) in [4.78, 5) is 15.4. The number of fused-ring (bicyclic) bond motifs is 1. The molecule has 168 valence electrons. The van der Waals surface area contributed by atoms with Crippen molar-refractivity contribution in [1.29, 1.82) is 0 Å². The van der Waals surface area contributed by atoms with Crippen LogP contribution in [0.4, 0.5) is 5.69 Å². The molecule has 0 saturated carbocycles. The Hall–Kier alpha value is -3.01. The molecule has 1 heterocycles. The lowest BCUT2D eigenvalue weighted by molar-refractivity contribution is -0.128. The Bertz CT molecular complexity index is 1050. The van der Waals surface area contributed by atoms with Gasteiger partial charge in [-0.25, -0.2) is 0 Å². The first-order valence-corrected chi connectivity index (χ1v) is 11.8. The Morgan fingerprint density at radius 3 is 2.56 bits per heavy atom. The van der Waals surface area contributed by atoms with Gasteiger partial charge in [0.25, 0.3) is 5.91 Å². The fourth-order valence-electron chi connectivity index (χ4n) is 4.51. The molecule has 1 aliphatic heterocycles. The third kappa shape index (κ3) is 5.24. The molecule has 1 N–H and O–H groups in total. The van der Waals surface area contributed by atoms with Gasteiger partial charge in [0.1, 0.15) is 5.75 Å². The molecule has 0 unspecified atom stereocenters. The van der Waals surface area contributed by atoms with Crippen LogP contribution in [0.25, 0.3) is 10.8 Å². The zero-order valence-corrected chi connectivity index (χ0v) is 19.4. The predicted molar refractivity (Wildman–Crippen MR) is 132 cm³/mol. The summed E-state index contributed by atoms with van der Waals surface area (Å²) in [5.41, 5.74) is 2.37. The molecule has 0 radical (unpaired) electrons. The van der Waals surface area contributed by atoms with E-state index in [0.717, 1.165) is 41.1 Å². The molecule has 1 amide bonds. The van der Waals surface area contributed by atoms with Crippen LogP contribution in [-0.4, -0.2) is 25.1 Å². The summed E-state index contributed by atoms with van der Waals surface area (Å²) in [5.74, 6) is 1.38. The zero-order valence-electron chi connectivity index (χ0n) is 19.4. The highest BCUT2D eigenvalue weighted by Crippen LogP contribution is 2.25. The van der Waals surface area contributed by atoms with Gasteiger partial charge in [0.05, 0.1) is 6.04 Å². The Kier molecular flexibility index (Phi) is 6.99. The second-order valence-electron chi connectivity index (χ2n) is 9.04. The van der Waals surface area contributed by atoms with Crippen LogP contribution >= 0.6 is 0 Å². The minimum absolute atomic E-state index is 0.0777. The quantitative estimate of drug-likeness (QED) is 0.492. The molecular weight excluding hydrogens is 396 g/mol. The molecule has 0 spiro atoms. The molecule has 0 aromatic heterocycles. The molecule has 1 aliphatic rings. The molecule has 4 nitrogen and oxygen atoms in total. The van der Waals surface area contributed by atoms with Gasteiger partial charge in [-0.1, -0.05) is 56.3 Å². The second kappa shape index (κ2) is 10.1. The van der Waals surface area contributed by atoms with Gasteiger partial charge in [0.15, 0.2) is 6.10 Å². The Morgan fingerprint density at radius 1 is 1.09 bits per heavy atom. The molecule has 1 saturated heterocycles. The van der Waals surface area contributed by atoms with Crippen molar-refractivity contribution in [3.05, 3.63) is 72.3 Å². The van der Waals surface area contributed by atoms with E-state index in [1.54, 1.807) is 0 Å². The van der Waals surface area contributed by atoms with E-state index in [9.17, 15) is 4.79 Å². The summed E-state index contributed by atoms with van der Waals surface area (Å²) in [6.45, 7) is 8.57. The molecule has 4 heteroatoms. The fourth-order valence-corrected chi connectivity index (χ4v) is 4.51. The summed E-state index contributed by atoms with van der Waals surface area (Å²) in [5, 5.41) is 5.40. The van der Waals surface area contributed by atoms with Crippen LogP contribution in [0.5, 0.6) is 5.75 Å². The van der Waals surface area contributed by atoms with Gasteiger partial charge < -0.3 is 15.0 Å². The minimum Gasteiger partial charge on any atom is -0.481 e. The molecule has 3 atom stereocenters. The number of ether oxygens (including phenoxy) is 1. The first-order chi connectivity index (χ1) is 15.5. The highest BCUT2D eigenvalue weighted by Gasteiger charge is 2.21. The van der Waals surface area contributed by atoms with Crippen LogP contribution in [0.1, 0.15) is 51.6 Å². The van der Waals surface area contributed by atoms with Crippen molar-refractivity contribution in [2.24, 2.45) is 5.92 Å². The van der Waals surface area contributed by atoms with E-state index < -0.39 is 6.10 Å². The van der Waals surface area contributed by atoms with Crippen LogP contribution in [0.2, 0.25) is 0 Å². The number of nitrogens with zero attached hydrogens (tertiary/aromatic N) is 1. The number of piperidine rings is 1. The highest BCUT2D eigenvalue weighted by atomic mass is 16.5. The average Bonchev–Trinajstić information content (AvgIpc) is 2.82. The zero-order chi connectivity index (χ0) is 22.5. The van der Waals surface area contributed by atoms with E-state index in [4.69, 9.17) is 4.74 Å². The maximum Gasteiger partial charge on any atom is 0.261 e. The van der Waals surface area contributed by atoms with Crippen LogP contribution in [0.3, 0.4) is 0 Å². The Balaban J connectivity index is 1.37. The van der Waals surface area contributed by atoms with Gasteiger partial charge in [-0.3, -0.25) is 4.79 Å². The first-order valence-electron chi connectivity index (χ1n) is 11.8. The number of rotatable bonds is 7. The predicted octanol–water partition coefficient (Wildman–Crippen LogP) is 6.11. The van der Waals surface area contributed by atoms with Crippen LogP contribution < -0.4 is 15.0 Å². The van der Waals surface area contributed by atoms with Crippen LogP contribution in [0.15, 0.2) is 66.7 Å². The maximum absolute atomic E-state index is 12.9. The number of anilines is 1. The van der Waals surface area contributed by atoms with Gasteiger partial charge in [-0.05, 0) is 72.7 Å². The molecule has 3 aromatic carbocycles. The summed E-state index contributed by atoms with van der Waals surface area (Å²) in [6, 6.07) is 22.7. The number of nitrogens with one attached hydrogen (secondary N) is 1. The lowest BCUT2D eigenvalue weighted by atomic mass is 9.99. The summed E-state index contributed by atoms with van der Waals surface area (Å²) in [7, 11) is 0. The van der Waals surface area contributed by atoms with E-state index in [-0.39, 0.29) is 11.9 Å². The summed E-state index contributed by atoms with van der Waals surface area (Å²) >= 11 is 0.